The number of nitrogens with zero attached hydrogens (tertiary/aromatic N) is 2. The summed E-state index contributed by atoms with van der Waals surface area (Å²) in [7, 11) is 0. The summed E-state index contributed by atoms with van der Waals surface area (Å²) in [6.45, 7) is 4.30. The maximum absolute atomic E-state index is 6.32. The molecular formula is C14H25N3. The molecule has 0 spiro atoms. The zero-order valence-corrected chi connectivity index (χ0v) is 11.1. The van der Waals surface area contributed by atoms with E-state index in [-0.39, 0.29) is 0 Å². The Morgan fingerprint density at radius 1 is 1.35 bits per heavy atom. The van der Waals surface area contributed by atoms with Crippen LogP contribution in [0.1, 0.15) is 57.7 Å². The summed E-state index contributed by atoms with van der Waals surface area (Å²) >= 11 is 0. The molecule has 1 fully saturated rings. The first-order valence-corrected chi connectivity index (χ1v) is 6.96. The van der Waals surface area contributed by atoms with Gasteiger partial charge in [0.2, 0.25) is 0 Å². The predicted molar refractivity (Wildman–Crippen MR) is 70.9 cm³/mol. The lowest BCUT2D eigenvalue weighted by atomic mass is 9.83. The van der Waals surface area contributed by atoms with Gasteiger partial charge in [0.1, 0.15) is 0 Å². The first kappa shape index (κ1) is 12.6. The van der Waals surface area contributed by atoms with E-state index in [1.807, 2.05) is 4.68 Å². The summed E-state index contributed by atoms with van der Waals surface area (Å²) in [6, 6.07) is 2.85. The van der Waals surface area contributed by atoms with Gasteiger partial charge >= 0.3 is 0 Å². The summed E-state index contributed by atoms with van der Waals surface area (Å²) < 4.78 is 2.02. The molecule has 17 heavy (non-hydrogen) atoms. The molecule has 0 amide bonds. The highest BCUT2D eigenvalue weighted by molar-refractivity contribution is 5.02. The molecule has 0 aliphatic heterocycles. The van der Waals surface area contributed by atoms with Crippen molar-refractivity contribution >= 4 is 0 Å². The molecular weight excluding hydrogens is 210 g/mol. The van der Waals surface area contributed by atoms with Crippen LogP contribution in [0.5, 0.6) is 0 Å². The Balaban J connectivity index is 1.90. The highest BCUT2D eigenvalue weighted by atomic mass is 15.3. The molecule has 1 aliphatic carbocycles. The first-order chi connectivity index (χ1) is 8.16. The Labute approximate surface area is 104 Å². The van der Waals surface area contributed by atoms with Gasteiger partial charge in [-0.25, -0.2) is 0 Å². The maximum atomic E-state index is 6.32. The van der Waals surface area contributed by atoms with Crippen LogP contribution < -0.4 is 5.73 Å². The third-order valence-corrected chi connectivity index (χ3v) is 3.89. The Bertz CT molecular complexity index is 337. The van der Waals surface area contributed by atoms with Crippen molar-refractivity contribution in [1.82, 2.24) is 9.78 Å². The molecule has 0 bridgehead atoms. The molecule has 1 unspecified atom stereocenters. The molecule has 2 N–H and O–H groups in total. The van der Waals surface area contributed by atoms with Crippen LogP contribution in [0.3, 0.4) is 0 Å². The van der Waals surface area contributed by atoms with Crippen LogP contribution >= 0.6 is 0 Å². The lowest BCUT2D eigenvalue weighted by Crippen LogP contribution is -2.33. The van der Waals surface area contributed by atoms with Gasteiger partial charge in [-0.05, 0) is 38.7 Å². The van der Waals surface area contributed by atoms with E-state index in [1.165, 1.54) is 32.1 Å². The van der Waals surface area contributed by atoms with Crippen molar-refractivity contribution in [2.75, 3.05) is 0 Å². The average molecular weight is 235 g/mol. The van der Waals surface area contributed by atoms with E-state index in [0.717, 1.165) is 12.1 Å². The molecule has 1 aliphatic rings. The summed E-state index contributed by atoms with van der Waals surface area (Å²) in [5, 5.41) is 4.58. The normalized spacial score (nSPS) is 19.8. The van der Waals surface area contributed by atoms with Crippen molar-refractivity contribution in [3.8, 4) is 0 Å². The van der Waals surface area contributed by atoms with E-state index in [9.17, 15) is 0 Å². The molecule has 2 rings (SSSR count). The highest BCUT2D eigenvalue weighted by Gasteiger charge is 2.21. The fourth-order valence-electron chi connectivity index (χ4n) is 2.74. The van der Waals surface area contributed by atoms with Crippen molar-refractivity contribution in [2.45, 2.75) is 64.5 Å². The van der Waals surface area contributed by atoms with Crippen LogP contribution in [0.2, 0.25) is 0 Å². The molecule has 1 aromatic heterocycles. The second-order valence-corrected chi connectivity index (χ2v) is 5.65. The minimum Gasteiger partial charge on any atom is -0.327 e. The van der Waals surface area contributed by atoms with Crippen molar-refractivity contribution in [3.63, 3.8) is 0 Å². The lowest BCUT2D eigenvalue weighted by Gasteiger charge is -2.26. The molecule has 3 heteroatoms. The van der Waals surface area contributed by atoms with Crippen molar-refractivity contribution in [1.29, 1.82) is 0 Å². The zero-order valence-electron chi connectivity index (χ0n) is 11.1. The van der Waals surface area contributed by atoms with Gasteiger partial charge in [0.25, 0.3) is 0 Å². The second-order valence-electron chi connectivity index (χ2n) is 5.65. The summed E-state index contributed by atoms with van der Waals surface area (Å²) in [6.07, 6.45) is 9.74. The van der Waals surface area contributed by atoms with Gasteiger partial charge < -0.3 is 5.73 Å². The van der Waals surface area contributed by atoms with E-state index in [0.29, 0.717) is 18.0 Å². The van der Waals surface area contributed by atoms with Crippen LogP contribution in [0.4, 0.5) is 0 Å². The monoisotopic (exact) mass is 235 g/mol. The van der Waals surface area contributed by atoms with E-state index < -0.39 is 0 Å². The molecule has 1 heterocycles. The Morgan fingerprint density at radius 3 is 2.65 bits per heavy atom. The molecule has 96 valence electrons. The number of aromatic nitrogens is 2. The number of hydrogen-bond donors (Lipinski definition) is 1. The third-order valence-electron chi connectivity index (χ3n) is 3.89. The first-order valence-electron chi connectivity index (χ1n) is 6.96. The van der Waals surface area contributed by atoms with Gasteiger partial charge in [-0.1, -0.05) is 19.3 Å². The molecule has 1 atom stereocenters. The average Bonchev–Trinajstić information content (AvgIpc) is 2.79. The Kier molecular flexibility index (Phi) is 4.21. The Hall–Kier alpha value is -0.830. The number of nitrogens with two attached hydrogens (primary N) is 1. The van der Waals surface area contributed by atoms with Gasteiger partial charge in [0, 0.05) is 24.7 Å². The van der Waals surface area contributed by atoms with Crippen LogP contribution in [0.25, 0.3) is 0 Å². The molecule has 1 saturated carbocycles. The smallest absolute Gasteiger partial charge is 0.0640 e. The number of hydrogen-bond acceptors (Lipinski definition) is 2. The standard InChI is InChI=1S/C14H25N3/c1-11(2)17-9-8-13(16-17)10-14(15)12-6-4-3-5-7-12/h8-9,11-12,14H,3-7,10,15H2,1-2H3. The van der Waals surface area contributed by atoms with Gasteiger partial charge in [-0.15, -0.1) is 0 Å². The van der Waals surface area contributed by atoms with Crippen LogP contribution in [-0.2, 0) is 6.42 Å². The van der Waals surface area contributed by atoms with Crippen LogP contribution in [-0.4, -0.2) is 15.8 Å². The fourth-order valence-corrected chi connectivity index (χ4v) is 2.74. The van der Waals surface area contributed by atoms with E-state index >= 15 is 0 Å². The van der Waals surface area contributed by atoms with E-state index in [4.69, 9.17) is 5.73 Å². The van der Waals surface area contributed by atoms with Crippen LogP contribution in [0, 0.1) is 5.92 Å². The van der Waals surface area contributed by atoms with Gasteiger partial charge in [0.05, 0.1) is 5.69 Å². The molecule has 0 saturated heterocycles. The van der Waals surface area contributed by atoms with Gasteiger partial charge in [0.15, 0.2) is 0 Å². The summed E-state index contributed by atoms with van der Waals surface area (Å²) in [5.74, 6) is 0.716. The lowest BCUT2D eigenvalue weighted by molar-refractivity contribution is 0.301. The zero-order chi connectivity index (χ0) is 12.3. The SMILES string of the molecule is CC(C)n1ccc(CC(N)C2CCCCC2)n1. The largest absolute Gasteiger partial charge is 0.327 e. The van der Waals surface area contributed by atoms with Gasteiger partial charge in [-0.2, -0.15) is 5.10 Å². The molecule has 1 aromatic rings. The molecule has 0 aromatic carbocycles. The topological polar surface area (TPSA) is 43.8 Å². The Morgan fingerprint density at radius 2 is 2.06 bits per heavy atom. The van der Waals surface area contributed by atoms with E-state index in [2.05, 4.69) is 31.2 Å². The predicted octanol–water partition coefficient (Wildman–Crippen LogP) is 2.91. The maximum Gasteiger partial charge on any atom is 0.0640 e. The van der Waals surface area contributed by atoms with E-state index in [1.54, 1.807) is 0 Å². The summed E-state index contributed by atoms with van der Waals surface area (Å²) in [4.78, 5) is 0. The van der Waals surface area contributed by atoms with Crippen molar-refractivity contribution < 1.29 is 0 Å². The minimum absolute atomic E-state index is 0.297. The van der Waals surface area contributed by atoms with Crippen molar-refractivity contribution in [3.05, 3.63) is 18.0 Å². The van der Waals surface area contributed by atoms with Crippen molar-refractivity contribution in [2.24, 2.45) is 11.7 Å². The molecule has 0 radical (unpaired) electrons. The third kappa shape index (κ3) is 3.32. The summed E-state index contributed by atoms with van der Waals surface area (Å²) in [5.41, 5.74) is 7.47. The van der Waals surface area contributed by atoms with Gasteiger partial charge in [-0.3, -0.25) is 4.68 Å². The minimum atomic E-state index is 0.297. The highest BCUT2D eigenvalue weighted by Crippen LogP contribution is 2.26. The fraction of sp³-hybridized carbons (Fsp3) is 0.786. The second kappa shape index (κ2) is 5.67. The molecule has 3 nitrogen and oxygen atoms in total. The quantitative estimate of drug-likeness (QED) is 0.872. The number of rotatable bonds is 4. The van der Waals surface area contributed by atoms with Crippen LogP contribution in [0.15, 0.2) is 12.3 Å².